The molecule has 1 heterocycles. The van der Waals surface area contributed by atoms with E-state index < -0.39 is 5.97 Å². The van der Waals surface area contributed by atoms with Crippen molar-refractivity contribution in [1.82, 2.24) is 9.78 Å². The molecule has 0 amide bonds. The molecule has 1 aromatic heterocycles. The van der Waals surface area contributed by atoms with Crippen LogP contribution in [0, 0.1) is 32.1 Å². The topological polar surface area (TPSA) is 91.4 Å². The summed E-state index contributed by atoms with van der Waals surface area (Å²) >= 11 is 6.33. The van der Waals surface area contributed by atoms with Gasteiger partial charge in [0.2, 0.25) is 0 Å². The first-order chi connectivity index (χ1) is 17.3. The average molecular weight is 509 g/mol. The molecule has 36 heavy (non-hydrogen) atoms. The molecule has 0 saturated carbocycles. The molecule has 0 fully saturated rings. The van der Waals surface area contributed by atoms with Crippen LogP contribution in [-0.4, -0.2) is 40.6 Å². The molecule has 3 rings (SSSR count). The third-order valence-corrected chi connectivity index (χ3v) is 6.57. The maximum Gasteiger partial charge on any atom is 0.329 e. The first kappa shape index (κ1) is 27.3. The summed E-state index contributed by atoms with van der Waals surface area (Å²) in [5, 5.41) is 23.1. The molecule has 0 saturated heterocycles. The van der Waals surface area contributed by atoms with Crippen LogP contribution >= 0.6 is 11.6 Å². The van der Waals surface area contributed by atoms with E-state index in [0.29, 0.717) is 17.2 Å². The molecular formula is C28H33ClN4O3. The summed E-state index contributed by atoms with van der Waals surface area (Å²) in [6.45, 7) is 10.1. The highest BCUT2D eigenvalue weighted by Crippen LogP contribution is 2.36. The molecule has 7 nitrogen and oxygen atoms in total. The van der Waals surface area contributed by atoms with E-state index >= 15 is 0 Å². The quantitative estimate of drug-likeness (QED) is 0.283. The Labute approximate surface area is 217 Å². The van der Waals surface area contributed by atoms with Crippen molar-refractivity contribution >= 4 is 28.9 Å². The number of rotatable bonds is 12. The number of hydrogen-bond acceptors (Lipinski definition) is 5. The number of nitrogens with zero attached hydrogens (tertiary/aromatic N) is 4. The lowest BCUT2D eigenvalue weighted by atomic mass is 10.00. The Morgan fingerprint density at radius 1 is 1.17 bits per heavy atom. The van der Waals surface area contributed by atoms with Gasteiger partial charge in [0.05, 0.1) is 16.3 Å². The number of anilines is 2. The number of carboxylic acids is 1. The summed E-state index contributed by atoms with van der Waals surface area (Å²) in [5.41, 5.74) is 7.99. The van der Waals surface area contributed by atoms with Crippen molar-refractivity contribution in [3.05, 3.63) is 63.9 Å². The molecule has 0 radical (unpaired) electrons. The molecule has 190 valence electrons. The van der Waals surface area contributed by atoms with Crippen molar-refractivity contribution in [2.75, 3.05) is 24.7 Å². The number of aryl methyl sites for hydroxylation is 3. The molecule has 0 atom stereocenters. The summed E-state index contributed by atoms with van der Waals surface area (Å²) in [4.78, 5) is 12.7. The predicted octanol–water partition coefficient (Wildman–Crippen LogP) is 6.43. The van der Waals surface area contributed by atoms with Gasteiger partial charge in [-0.1, -0.05) is 23.7 Å². The minimum Gasteiger partial charge on any atom is -0.480 e. The summed E-state index contributed by atoms with van der Waals surface area (Å²) < 4.78 is 7.16. The molecule has 2 aromatic carbocycles. The van der Waals surface area contributed by atoms with Crippen molar-refractivity contribution in [2.45, 2.75) is 53.5 Å². The Morgan fingerprint density at radius 3 is 2.61 bits per heavy atom. The van der Waals surface area contributed by atoms with E-state index in [1.54, 1.807) is 6.07 Å². The number of aliphatic carboxylic acids is 1. The van der Waals surface area contributed by atoms with Crippen LogP contribution in [0.3, 0.4) is 0 Å². The lowest BCUT2D eigenvalue weighted by Gasteiger charge is -2.26. The van der Waals surface area contributed by atoms with Gasteiger partial charge in [0.15, 0.2) is 0 Å². The molecular weight excluding hydrogens is 476 g/mol. The molecule has 0 aliphatic carbocycles. The van der Waals surface area contributed by atoms with Gasteiger partial charge in [-0.2, -0.15) is 10.4 Å². The Bertz CT molecular complexity index is 1260. The fourth-order valence-electron chi connectivity index (χ4n) is 4.44. The van der Waals surface area contributed by atoms with Gasteiger partial charge in [0.1, 0.15) is 12.7 Å². The smallest absolute Gasteiger partial charge is 0.329 e. The van der Waals surface area contributed by atoms with E-state index in [1.165, 1.54) is 0 Å². The third kappa shape index (κ3) is 6.45. The van der Waals surface area contributed by atoms with Gasteiger partial charge in [-0.05, 0) is 82.3 Å². The second kappa shape index (κ2) is 12.6. The first-order valence-corrected chi connectivity index (χ1v) is 12.6. The van der Waals surface area contributed by atoms with Crippen LogP contribution in [0.2, 0.25) is 5.02 Å². The molecule has 3 aromatic rings. The summed E-state index contributed by atoms with van der Waals surface area (Å²) in [5.74, 6) is -0.938. The third-order valence-electron chi connectivity index (χ3n) is 6.26. The first-order valence-electron chi connectivity index (χ1n) is 12.2. The zero-order valence-corrected chi connectivity index (χ0v) is 22.1. The van der Waals surface area contributed by atoms with Gasteiger partial charge < -0.3 is 14.7 Å². The summed E-state index contributed by atoms with van der Waals surface area (Å²) in [6.07, 6.45) is 2.72. The lowest BCUT2D eigenvalue weighted by Crippen LogP contribution is -2.17. The number of nitriles is 1. The maximum absolute atomic E-state index is 10.5. The number of carbonyl (C=O) groups is 1. The lowest BCUT2D eigenvalue weighted by molar-refractivity contribution is -0.142. The zero-order chi connectivity index (χ0) is 26.2. The van der Waals surface area contributed by atoms with E-state index in [-0.39, 0.29) is 6.61 Å². The number of hydrogen-bond donors (Lipinski definition) is 1. The summed E-state index contributed by atoms with van der Waals surface area (Å²) in [6, 6.07) is 14.1. The predicted molar refractivity (Wildman–Crippen MR) is 143 cm³/mol. The highest BCUT2D eigenvalue weighted by Gasteiger charge is 2.17. The van der Waals surface area contributed by atoms with Crippen LogP contribution in [0.15, 0.2) is 36.4 Å². The van der Waals surface area contributed by atoms with Crippen LogP contribution in [-0.2, 0) is 16.1 Å². The molecule has 0 bridgehead atoms. The van der Waals surface area contributed by atoms with E-state index in [0.717, 1.165) is 71.8 Å². The number of aromatic nitrogens is 2. The molecule has 0 spiro atoms. The van der Waals surface area contributed by atoms with Crippen LogP contribution in [0.5, 0.6) is 0 Å². The van der Waals surface area contributed by atoms with Crippen molar-refractivity contribution in [2.24, 2.45) is 0 Å². The van der Waals surface area contributed by atoms with Crippen LogP contribution < -0.4 is 4.90 Å². The Morgan fingerprint density at radius 2 is 1.94 bits per heavy atom. The number of benzene rings is 2. The fourth-order valence-corrected chi connectivity index (χ4v) is 4.66. The highest BCUT2D eigenvalue weighted by atomic mass is 35.5. The number of carboxylic acid groups (broad SMARTS) is 1. The molecule has 8 heteroatoms. The van der Waals surface area contributed by atoms with Gasteiger partial charge in [0, 0.05) is 42.3 Å². The second-order valence-electron chi connectivity index (χ2n) is 8.80. The minimum atomic E-state index is -0.938. The van der Waals surface area contributed by atoms with E-state index in [4.69, 9.17) is 26.5 Å². The van der Waals surface area contributed by atoms with Crippen molar-refractivity contribution in [1.29, 1.82) is 5.26 Å². The zero-order valence-electron chi connectivity index (χ0n) is 21.3. The van der Waals surface area contributed by atoms with Crippen molar-refractivity contribution in [3.8, 4) is 17.2 Å². The number of halogens is 1. The number of unbranched alkanes of at least 4 members (excludes halogenated alkanes) is 2. The van der Waals surface area contributed by atoms with Gasteiger partial charge in [-0.25, -0.2) is 4.79 Å². The van der Waals surface area contributed by atoms with Crippen molar-refractivity contribution in [3.63, 3.8) is 0 Å². The minimum absolute atomic E-state index is 0.243. The normalized spacial score (nSPS) is 10.9. The number of ether oxygens (including phenoxy) is 1. The molecule has 1 N–H and O–H groups in total. The van der Waals surface area contributed by atoms with Gasteiger partial charge >= 0.3 is 5.97 Å². The molecule has 0 aliphatic heterocycles. The molecule has 0 unspecified atom stereocenters. The SMILES string of the molecule is CCN(c1ccc(C#N)c(Cl)c1)c1cc(-c2c(C)nn(CCCCCOCC(=O)O)c2C)ccc1C. The Hall–Kier alpha value is -3.34. The van der Waals surface area contributed by atoms with Crippen LogP contribution in [0.4, 0.5) is 11.4 Å². The van der Waals surface area contributed by atoms with Crippen LogP contribution in [0.1, 0.15) is 48.7 Å². The van der Waals surface area contributed by atoms with E-state index in [9.17, 15) is 10.1 Å². The fraction of sp³-hybridized carbons (Fsp3) is 0.393. The summed E-state index contributed by atoms with van der Waals surface area (Å²) in [7, 11) is 0. The van der Waals surface area contributed by atoms with Gasteiger partial charge in [0.25, 0.3) is 0 Å². The van der Waals surface area contributed by atoms with Crippen molar-refractivity contribution < 1.29 is 14.6 Å². The maximum atomic E-state index is 10.5. The largest absolute Gasteiger partial charge is 0.480 e. The van der Waals surface area contributed by atoms with E-state index in [2.05, 4.69) is 54.6 Å². The van der Waals surface area contributed by atoms with Gasteiger partial charge in [-0.3, -0.25) is 4.68 Å². The van der Waals surface area contributed by atoms with Crippen LogP contribution in [0.25, 0.3) is 11.1 Å². The monoisotopic (exact) mass is 508 g/mol. The average Bonchev–Trinajstić information content (AvgIpc) is 3.13. The highest BCUT2D eigenvalue weighted by molar-refractivity contribution is 6.32. The van der Waals surface area contributed by atoms with E-state index in [1.807, 2.05) is 19.1 Å². The molecule has 0 aliphatic rings. The Kier molecular flexibility index (Phi) is 9.51. The van der Waals surface area contributed by atoms with Gasteiger partial charge in [-0.15, -0.1) is 0 Å². The Balaban J connectivity index is 1.79. The standard InChI is InChI=1S/C28H33ClN4O3/c1-5-32(24-12-11-23(17-30)25(29)16-24)26-15-22(10-9-19(26)2)28-20(3)31-33(21(28)4)13-7-6-8-14-36-18-27(34)35/h9-12,15-16H,5-8,13-14,18H2,1-4H3,(H,34,35). The second-order valence-corrected chi connectivity index (χ2v) is 9.20.